The monoisotopic (exact) mass is 914 g/mol. The van der Waals surface area contributed by atoms with Crippen LogP contribution in [0.1, 0.15) is 48.5 Å². The van der Waals surface area contributed by atoms with E-state index in [2.05, 4.69) is 19.4 Å². The molecule has 2 heterocycles. The number of benzene rings is 6. The van der Waals surface area contributed by atoms with Crippen LogP contribution in [0.5, 0.6) is 0 Å². The number of hydrogen-bond donors (Lipinski definition) is 2. The number of aryl methyl sites for hydroxylation is 2. The number of fused-ring (bicyclic) bond motifs is 2. The number of rotatable bonds is 14. The molecule has 0 aliphatic carbocycles. The molecular formula is C49H46N4O10S2. The van der Waals surface area contributed by atoms with Gasteiger partial charge in [-0.15, -0.1) is 0 Å². The molecule has 14 nitrogen and oxygen atoms in total. The van der Waals surface area contributed by atoms with Crippen molar-refractivity contribution in [2.45, 2.75) is 43.4 Å². The highest BCUT2D eigenvalue weighted by atomic mass is 32.2. The van der Waals surface area contributed by atoms with Gasteiger partial charge in [-0.05, 0) is 134 Å². The number of ether oxygens (including phenoxy) is 2. The van der Waals surface area contributed by atoms with Crippen LogP contribution in [0, 0.1) is 20.8 Å². The summed E-state index contributed by atoms with van der Waals surface area (Å²) in [6, 6.07) is 37.8. The Labute approximate surface area is 376 Å². The molecule has 2 N–H and O–H groups in total. The van der Waals surface area contributed by atoms with E-state index in [0.717, 1.165) is 22.3 Å². The number of carbonyl (C=O) groups excluding carboxylic acids is 2. The maximum Gasteiger partial charge on any atom is 0.338 e. The molecule has 6 aromatic carbocycles. The van der Waals surface area contributed by atoms with Gasteiger partial charge in [0.1, 0.15) is 11.0 Å². The van der Waals surface area contributed by atoms with Crippen LogP contribution in [0.3, 0.4) is 0 Å². The maximum absolute atomic E-state index is 12.8. The summed E-state index contributed by atoms with van der Waals surface area (Å²) in [5, 5.41) is 0. The van der Waals surface area contributed by atoms with Crippen molar-refractivity contribution in [3.05, 3.63) is 166 Å². The topological polar surface area (TPSA) is 197 Å². The number of esters is 2. The molecule has 0 saturated heterocycles. The second kappa shape index (κ2) is 19.8. The lowest BCUT2D eigenvalue weighted by Crippen LogP contribution is -2.26. The number of nitrogens with one attached hydrogen (secondary N) is 2. The number of nitrogens with zero attached hydrogens (tertiary/aromatic N) is 2. The molecule has 0 unspecified atom stereocenters. The molecule has 0 amide bonds. The van der Waals surface area contributed by atoms with Crippen molar-refractivity contribution in [1.29, 1.82) is 0 Å². The number of carbonyl (C=O) groups is 2. The van der Waals surface area contributed by atoms with Crippen LogP contribution in [-0.2, 0) is 42.4 Å². The SMILES string of the molecule is COC(=O)c1cc(S(=O)(=O)NCCc2ccc3oc(-c4ccccc4)nc3c2)cc(C)c1C.COC(=O)c1cc(S(=O)(=O)NCCc2ccc3oc(-c4ccccc4)nc3c2)ccc1C. The van der Waals surface area contributed by atoms with Crippen molar-refractivity contribution in [2.75, 3.05) is 27.3 Å². The van der Waals surface area contributed by atoms with E-state index in [1.807, 2.05) is 97.1 Å². The van der Waals surface area contributed by atoms with E-state index in [4.69, 9.17) is 18.3 Å². The third kappa shape index (κ3) is 10.9. The van der Waals surface area contributed by atoms with Gasteiger partial charge in [0.2, 0.25) is 31.8 Å². The van der Waals surface area contributed by atoms with Gasteiger partial charge in [0, 0.05) is 24.2 Å². The fraction of sp³-hybridized carbons (Fsp3) is 0.184. The normalized spacial score (nSPS) is 11.6. The average Bonchev–Trinajstić information content (AvgIpc) is 3.94. The fourth-order valence-electron chi connectivity index (χ4n) is 6.89. The van der Waals surface area contributed by atoms with Gasteiger partial charge in [-0.25, -0.2) is 45.8 Å². The van der Waals surface area contributed by atoms with E-state index < -0.39 is 32.0 Å². The second-order valence-electron chi connectivity index (χ2n) is 15.0. The van der Waals surface area contributed by atoms with Crippen LogP contribution in [-0.4, -0.2) is 66.1 Å². The quantitative estimate of drug-likeness (QED) is 0.0988. The molecule has 334 valence electrons. The summed E-state index contributed by atoms with van der Waals surface area (Å²) in [5.41, 5.74) is 8.89. The van der Waals surface area contributed by atoms with Gasteiger partial charge in [-0.2, -0.15) is 0 Å². The van der Waals surface area contributed by atoms with Gasteiger partial charge < -0.3 is 18.3 Å². The van der Waals surface area contributed by atoms with Crippen molar-refractivity contribution in [2.24, 2.45) is 0 Å². The van der Waals surface area contributed by atoms with Gasteiger partial charge in [0.05, 0.1) is 35.1 Å². The van der Waals surface area contributed by atoms with Gasteiger partial charge in [0.25, 0.3) is 0 Å². The van der Waals surface area contributed by atoms with E-state index in [1.165, 1.54) is 32.4 Å². The summed E-state index contributed by atoms with van der Waals surface area (Å²) in [6.07, 6.45) is 0.940. The van der Waals surface area contributed by atoms with Crippen LogP contribution in [0.2, 0.25) is 0 Å². The molecule has 8 aromatic rings. The Kier molecular flexibility index (Phi) is 14.0. The van der Waals surface area contributed by atoms with Crippen LogP contribution < -0.4 is 9.44 Å². The van der Waals surface area contributed by atoms with E-state index >= 15 is 0 Å². The van der Waals surface area contributed by atoms with Crippen LogP contribution >= 0.6 is 0 Å². The molecule has 0 bridgehead atoms. The van der Waals surface area contributed by atoms with Crippen molar-refractivity contribution >= 4 is 54.2 Å². The zero-order valence-corrected chi connectivity index (χ0v) is 37.9. The smallest absolute Gasteiger partial charge is 0.338 e. The fourth-order valence-corrected chi connectivity index (χ4v) is 9.09. The first-order chi connectivity index (χ1) is 31.1. The minimum atomic E-state index is -3.80. The molecule has 0 aliphatic rings. The number of sulfonamides is 2. The second-order valence-corrected chi connectivity index (χ2v) is 18.6. The van der Waals surface area contributed by atoms with Crippen molar-refractivity contribution in [3.63, 3.8) is 0 Å². The lowest BCUT2D eigenvalue weighted by Gasteiger charge is -2.12. The first-order valence-electron chi connectivity index (χ1n) is 20.4. The largest absolute Gasteiger partial charge is 0.465 e. The Bertz CT molecular complexity index is 3240. The zero-order chi connectivity index (χ0) is 46.3. The summed E-state index contributed by atoms with van der Waals surface area (Å²) >= 11 is 0. The number of oxazole rings is 2. The maximum atomic E-state index is 12.8. The highest BCUT2D eigenvalue weighted by molar-refractivity contribution is 7.89. The molecule has 8 rings (SSSR count). The van der Waals surface area contributed by atoms with Gasteiger partial charge >= 0.3 is 11.9 Å². The summed E-state index contributed by atoms with van der Waals surface area (Å²) in [4.78, 5) is 33.0. The average molecular weight is 915 g/mol. The number of hydrogen-bond acceptors (Lipinski definition) is 12. The van der Waals surface area contributed by atoms with Crippen molar-refractivity contribution in [3.8, 4) is 22.9 Å². The zero-order valence-electron chi connectivity index (χ0n) is 36.2. The predicted molar refractivity (Wildman–Crippen MR) is 246 cm³/mol. The molecule has 2 aromatic heterocycles. The Morgan fingerprint density at radius 1 is 0.538 bits per heavy atom. The molecule has 0 saturated carbocycles. The van der Waals surface area contributed by atoms with Gasteiger partial charge in [-0.1, -0.05) is 54.6 Å². The number of aromatic nitrogens is 2. The van der Waals surface area contributed by atoms with E-state index in [0.29, 0.717) is 63.5 Å². The summed E-state index contributed by atoms with van der Waals surface area (Å²) < 4.78 is 77.4. The van der Waals surface area contributed by atoms with Gasteiger partial charge in [-0.3, -0.25) is 0 Å². The summed E-state index contributed by atoms with van der Waals surface area (Å²) in [6.45, 7) is 5.63. The molecule has 0 atom stereocenters. The van der Waals surface area contributed by atoms with E-state index in [9.17, 15) is 26.4 Å². The summed E-state index contributed by atoms with van der Waals surface area (Å²) in [7, 11) is -5.05. The van der Waals surface area contributed by atoms with E-state index in [-0.39, 0.29) is 34.0 Å². The first kappa shape index (κ1) is 46.0. The van der Waals surface area contributed by atoms with Crippen molar-refractivity contribution < 1.29 is 44.7 Å². The summed E-state index contributed by atoms with van der Waals surface area (Å²) in [5.74, 6) is -0.0578. The standard InChI is InChI=1S/C25H24N2O5S.C24H22N2O5S/c1-16-13-20(15-21(17(16)2)25(28)31-3)33(29,30)26-12-11-18-9-10-23-22(14-18)27-24(32-23)19-7-5-4-6-8-19;1-16-8-10-19(15-20(16)24(27)30-2)32(28,29)25-13-12-17-9-11-22-21(14-17)26-23(31-22)18-6-4-3-5-7-18/h4-10,13-15,26H,11-12H2,1-3H3;3-11,14-15,25H,12-13H2,1-2H3. The molecule has 16 heteroatoms. The molecule has 0 aliphatic heterocycles. The lowest BCUT2D eigenvalue weighted by molar-refractivity contribution is 0.0590. The van der Waals surface area contributed by atoms with Crippen LogP contribution in [0.25, 0.3) is 45.1 Å². The highest BCUT2D eigenvalue weighted by Crippen LogP contribution is 2.27. The third-order valence-electron chi connectivity index (χ3n) is 10.6. The minimum absolute atomic E-state index is 0.0166. The Balaban J connectivity index is 0.000000194. The molecule has 0 spiro atoms. The van der Waals surface area contributed by atoms with Crippen LogP contribution in [0.4, 0.5) is 0 Å². The molecule has 0 radical (unpaired) electrons. The minimum Gasteiger partial charge on any atom is -0.465 e. The van der Waals surface area contributed by atoms with Crippen LogP contribution in [0.15, 0.2) is 146 Å². The Morgan fingerprint density at radius 2 is 1.00 bits per heavy atom. The van der Waals surface area contributed by atoms with Crippen molar-refractivity contribution in [1.82, 2.24) is 19.4 Å². The Morgan fingerprint density at radius 3 is 1.49 bits per heavy atom. The molecule has 65 heavy (non-hydrogen) atoms. The highest BCUT2D eigenvalue weighted by Gasteiger charge is 2.21. The third-order valence-corrected chi connectivity index (χ3v) is 13.5. The van der Waals surface area contributed by atoms with Gasteiger partial charge in [0.15, 0.2) is 11.2 Å². The molecule has 0 fully saturated rings. The van der Waals surface area contributed by atoms with E-state index in [1.54, 1.807) is 32.9 Å². The predicted octanol–water partition coefficient (Wildman–Crippen LogP) is 8.53. The molecular weight excluding hydrogens is 869 g/mol. The first-order valence-corrected chi connectivity index (χ1v) is 23.4. The number of methoxy groups -OCH3 is 2. The Hall–Kier alpha value is -6.98. The lowest BCUT2D eigenvalue weighted by atomic mass is 10.0.